The second kappa shape index (κ2) is 10.9. The van der Waals surface area contributed by atoms with Gasteiger partial charge in [0.15, 0.2) is 18.1 Å². The summed E-state index contributed by atoms with van der Waals surface area (Å²) < 4.78 is 15.4. The molecule has 1 N–H and O–H groups in total. The molecule has 1 amide bonds. The summed E-state index contributed by atoms with van der Waals surface area (Å²) in [5, 5.41) is 2.71. The van der Waals surface area contributed by atoms with Gasteiger partial charge in [0.2, 0.25) is 0 Å². The van der Waals surface area contributed by atoms with Crippen LogP contribution in [-0.4, -0.2) is 32.7 Å². The van der Waals surface area contributed by atoms with E-state index in [9.17, 15) is 9.59 Å². The van der Waals surface area contributed by atoms with E-state index in [0.29, 0.717) is 23.1 Å². The maximum atomic E-state index is 12.0. The molecule has 6 nitrogen and oxygen atoms in total. The molecule has 0 bridgehead atoms. The van der Waals surface area contributed by atoms with Gasteiger partial charge in [0.25, 0.3) is 5.91 Å². The Labute approximate surface area is 171 Å². The monoisotopic (exact) mass is 397 g/mol. The number of ether oxygens (including phenoxy) is 3. The van der Waals surface area contributed by atoms with Gasteiger partial charge in [-0.1, -0.05) is 32.0 Å². The van der Waals surface area contributed by atoms with E-state index < -0.39 is 11.9 Å². The molecule has 0 heterocycles. The van der Waals surface area contributed by atoms with Crippen molar-refractivity contribution in [2.75, 3.05) is 26.1 Å². The van der Waals surface area contributed by atoms with Crippen LogP contribution in [0.25, 0.3) is 6.08 Å². The van der Waals surface area contributed by atoms with Crippen molar-refractivity contribution in [2.24, 2.45) is 0 Å². The van der Waals surface area contributed by atoms with E-state index in [4.69, 9.17) is 14.2 Å². The van der Waals surface area contributed by atoms with Gasteiger partial charge in [-0.2, -0.15) is 0 Å². The van der Waals surface area contributed by atoms with Crippen molar-refractivity contribution < 1.29 is 23.8 Å². The lowest BCUT2D eigenvalue weighted by Gasteiger charge is -2.10. The fourth-order valence-electron chi connectivity index (χ4n) is 2.63. The number of hydrogen-bond donors (Lipinski definition) is 1. The lowest BCUT2D eigenvalue weighted by Crippen LogP contribution is -2.20. The van der Waals surface area contributed by atoms with Gasteiger partial charge in [-0.25, -0.2) is 4.79 Å². The van der Waals surface area contributed by atoms with Gasteiger partial charge in [0.1, 0.15) is 0 Å². The molecule has 0 spiro atoms. The molecule has 6 heteroatoms. The Balaban J connectivity index is 1.84. The first-order valence-electron chi connectivity index (χ1n) is 9.43. The third-order valence-electron chi connectivity index (χ3n) is 4.54. The molecule has 0 aliphatic carbocycles. The minimum atomic E-state index is -0.609. The number of anilines is 1. The van der Waals surface area contributed by atoms with Crippen LogP contribution < -0.4 is 14.8 Å². The molecule has 154 valence electrons. The molecule has 0 saturated heterocycles. The first-order valence-corrected chi connectivity index (χ1v) is 9.43. The van der Waals surface area contributed by atoms with Gasteiger partial charge in [-0.3, -0.25) is 4.79 Å². The summed E-state index contributed by atoms with van der Waals surface area (Å²) in [5.74, 6) is 0.622. The van der Waals surface area contributed by atoms with Crippen molar-refractivity contribution in [3.8, 4) is 11.5 Å². The molecule has 0 aromatic heterocycles. The van der Waals surface area contributed by atoms with E-state index in [2.05, 4.69) is 19.2 Å². The van der Waals surface area contributed by atoms with Crippen LogP contribution in [0.3, 0.4) is 0 Å². The zero-order valence-corrected chi connectivity index (χ0v) is 17.2. The molecule has 0 aliphatic heterocycles. The Kier molecular flexibility index (Phi) is 8.27. The Morgan fingerprint density at radius 1 is 1.03 bits per heavy atom. The predicted octanol–water partition coefficient (Wildman–Crippen LogP) is 4.41. The Morgan fingerprint density at radius 2 is 1.72 bits per heavy atom. The summed E-state index contributed by atoms with van der Waals surface area (Å²) in [5.41, 5.74) is 2.63. The number of benzene rings is 2. The second-order valence-electron chi connectivity index (χ2n) is 6.53. The number of esters is 1. The van der Waals surface area contributed by atoms with Crippen molar-refractivity contribution in [1.29, 1.82) is 0 Å². The van der Waals surface area contributed by atoms with Gasteiger partial charge in [0, 0.05) is 11.8 Å². The van der Waals surface area contributed by atoms with Crippen molar-refractivity contribution >= 4 is 23.6 Å². The third kappa shape index (κ3) is 6.68. The van der Waals surface area contributed by atoms with Crippen LogP contribution in [-0.2, 0) is 14.3 Å². The van der Waals surface area contributed by atoms with Crippen molar-refractivity contribution in [2.45, 2.75) is 26.2 Å². The highest BCUT2D eigenvalue weighted by atomic mass is 16.5. The zero-order valence-electron chi connectivity index (χ0n) is 17.2. The summed E-state index contributed by atoms with van der Waals surface area (Å²) >= 11 is 0. The molecule has 0 saturated carbocycles. The first kappa shape index (κ1) is 22.0. The van der Waals surface area contributed by atoms with Gasteiger partial charge in [0.05, 0.1) is 14.2 Å². The molecule has 29 heavy (non-hydrogen) atoms. The Bertz CT molecular complexity index is 858. The lowest BCUT2D eigenvalue weighted by atomic mass is 9.99. The predicted molar refractivity (Wildman–Crippen MR) is 113 cm³/mol. The smallest absolute Gasteiger partial charge is 0.331 e. The first-order chi connectivity index (χ1) is 14.0. The van der Waals surface area contributed by atoms with Crippen LogP contribution >= 0.6 is 0 Å². The standard InChI is InChI=1S/C23H27NO5/c1-5-16(2)18-8-10-19(11-9-18)24-22(25)15-29-23(26)13-7-17-6-12-20(27-3)21(14-17)28-4/h6-14,16H,5,15H2,1-4H3,(H,24,25). The van der Waals surface area contributed by atoms with Crippen molar-refractivity contribution in [3.63, 3.8) is 0 Å². The minimum Gasteiger partial charge on any atom is -0.493 e. The minimum absolute atomic E-state index is 0.359. The van der Waals surface area contributed by atoms with E-state index in [1.807, 2.05) is 24.3 Å². The lowest BCUT2D eigenvalue weighted by molar-refractivity contribution is -0.142. The molecule has 0 fully saturated rings. The van der Waals surface area contributed by atoms with Crippen LogP contribution in [0.5, 0.6) is 11.5 Å². The van der Waals surface area contributed by atoms with Gasteiger partial charge < -0.3 is 19.5 Å². The summed E-state index contributed by atoms with van der Waals surface area (Å²) in [4.78, 5) is 23.8. The van der Waals surface area contributed by atoms with E-state index in [1.165, 1.54) is 18.7 Å². The quantitative estimate of drug-likeness (QED) is 0.501. The number of carbonyl (C=O) groups is 2. The molecule has 2 aromatic rings. The average molecular weight is 397 g/mol. The molecule has 1 unspecified atom stereocenters. The van der Waals surface area contributed by atoms with Gasteiger partial charge in [-0.15, -0.1) is 0 Å². The van der Waals surface area contributed by atoms with Crippen LogP contribution in [0.15, 0.2) is 48.5 Å². The number of carbonyl (C=O) groups excluding carboxylic acids is 2. The highest BCUT2D eigenvalue weighted by molar-refractivity contribution is 5.94. The highest BCUT2D eigenvalue weighted by Gasteiger charge is 2.08. The molecule has 0 radical (unpaired) electrons. The van der Waals surface area contributed by atoms with Gasteiger partial charge >= 0.3 is 5.97 Å². The normalized spacial score (nSPS) is 11.7. The van der Waals surface area contributed by atoms with Crippen LogP contribution in [0.1, 0.15) is 37.3 Å². The van der Waals surface area contributed by atoms with E-state index in [0.717, 1.165) is 12.0 Å². The SMILES string of the molecule is CCC(C)c1ccc(NC(=O)COC(=O)C=Cc2ccc(OC)c(OC)c2)cc1. The van der Waals surface area contributed by atoms with E-state index in [-0.39, 0.29) is 6.61 Å². The van der Waals surface area contributed by atoms with Crippen LogP contribution in [0, 0.1) is 0 Å². The number of rotatable bonds is 9. The fraction of sp³-hybridized carbons (Fsp3) is 0.304. The topological polar surface area (TPSA) is 73.9 Å². The average Bonchev–Trinajstić information content (AvgIpc) is 2.75. The maximum Gasteiger partial charge on any atom is 0.331 e. The number of amides is 1. The fourth-order valence-corrected chi connectivity index (χ4v) is 2.63. The molecule has 0 aliphatic rings. The third-order valence-corrected chi connectivity index (χ3v) is 4.54. The summed E-state index contributed by atoms with van der Waals surface area (Å²) in [7, 11) is 3.09. The summed E-state index contributed by atoms with van der Waals surface area (Å²) in [6.07, 6.45) is 3.89. The largest absolute Gasteiger partial charge is 0.493 e. The zero-order chi connectivity index (χ0) is 21.2. The second-order valence-corrected chi connectivity index (χ2v) is 6.53. The molecule has 2 aromatic carbocycles. The number of nitrogens with one attached hydrogen (secondary N) is 1. The molecular formula is C23H27NO5. The number of hydrogen-bond acceptors (Lipinski definition) is 5. The maximum absolute atomic E-state index is 12.0. The molecular weight excluding hydrogens is 370 g/mol. The van der Waals surface area contributed by atoms with E-state index in [1.54, 1.807) is 31.4 Å². The molecule has 2 rings (SSSR count). The number of methoxy groups -OCH3 is 2. The molecule has 1 atom stereocenters. The van der Waals surface area contributed by atoms with Gasteiger partial charge in [-0.05, 0) is 53.8 Å². The van der Waals surface area contributed by atoms with Crippen molar-refractivity contribution in [1.82, 2.24) is 0 Å². The summed E-state index contributed by atoms with van der Waals surface area (Å²) in [6.45, 7) is 3.93. The Hall–Kier alpha value is -3.28. The van der Waals surface area contributed by atoms with Crippen LogP contribution in [0.4, 0.5) is 5.69 Å². The highest BCUT2D eigenvalue weighted by Crippen LogP contribution is 2.28. The van der Waals surface area contributed by atoms with Crippen LogP contribution in [0.2, 0.25) is 0 Å². The Morgan fingerprint density at radius 3 is 2.34 bits per heavy atom. The summed E-state index contributed by atoms with van der Waals surface area (Å²) in [6, 6.07) is 12.9. The van der Waals surface area contributed by atoms with Crippen molar-refractivity contribution in [3.05, 3.63) is 59.7 Å². The van der Waals surface area contributed by atoms with E-state index >= 15 is 0 Å².